The first-order valence-electron chi connectivity index (χ1n) is 6.83. The van der Waals surface area contributed by atoms with Crippen molar-refractivity contribution in [2.24, 2.45) is 0 Å². The third-order valence-corrected chi connectivity index (χ3v) is 3.58. The van der Waals surface area contributed by atoms with Gasteiger partial charge in [0.15, 0.2) is 6.61 Å². The summed E-state index contributed by atoms with van der Waals surface area (Å²) >= 11 is 0. The van der Waals surface area contributed by atoms with Crippen LogP contribution in [0.3, 0.4) is 0 Å². The first-order valence-corrected chi connectivity index (χ1v) is 6.83. The lowest BCUT2D eigenvalue weighted by atomic mass is 10.1. The van der Waals surface area contributed by atoms with Crippen molar-refractivity contribution in [3.63, 3.8) is 0 Å². The largest absolute Gasteiger partial charge is 0.484 e. The van der Waals surface area contributed by atoms with Crippen molar-refractivity contribution in [3.05, 3.63) is 60.2 Å². The summed E-state index contributed by atoms with van der Waals surface area (Å²) < 4.78 is 5.55. The molecule has 0 N–H and O–H groups in total. The van der Waals surface area contributed by atoms with Gasteiger partial charge in [-0.1, -0.05) is 36.4 Å². The van der Waals surface area contributed by atoms with Gasteiger partial charge in [0.1, 0.15) is 5.75 Å². The van der Waals surface area contributed by atoms with Gasteiger partial charge in [-0.2, -0.15) is 0 Å². The Morgan fingerprint density at radius 3 is 2.65 bits per heavy atom. The Morgan fingerprint density at radius 2 is 1.85 bits per heavy atom. The lowest BCUT2D eigenvalue weighted by Gasteiger charge is -2.22. The maximum Gasteiger partial charge on any atom is 0.265 e. The van der Waals surface area contributed by atoms with Crippen molar-refractivity contribution in [1.29, 1.82) is 0 Å². The number of carbonyl (C=O) groups is 1. The van der Waals surface area contributed by atoms with Crippen molar-refractivity contribution >= 4 is 11.6 Å². The quantitative estimate of drug-likeness (QED) is 0.855. The standard InChI is InChI=1S/C17H17NO2/c1-13-11-14-7-5-6-10-16(14)18(13)17(19)12-20-15-8-3-2-4-9-15/h2-10,13H,11-12H2,1H3. The summed E-state index contributed by atoms with van der Waals surface area (Å²) in [4.78, 5) is 14.2. The molecule has 3 heteroatoms. The fraction of sp³-hybridized carbons (Fsp3) is 0.235. The van der Waals surface area contributed by atoms with E-state index in [0.717, 1.165) is 17.9 Å². The number of carbonyl (C=O) groups excluding carboxylic acids is 1. The van der Waals surface area contributed by atoms with Crippen LogP contribution in [-0.4, -0.2) is 18.6 Å². The monoisotopic (exact) mass is 267 g/mol. The number of rotatable bonds is 3. The highest BCUT2D eigenvalue weighted by Crippen LogP contribution is 2.31. The first kappa shape index (κ1) is 12.7. The molecule has 0 saturated carbocycles. The Kier molecular flexibility index (Phi) is 3.42. The zero-order valence-corrected chi connectivity index (χ0v) is 11.5. The van der Waals surface area contributed by atoms with E-state index >= 15 is 0 Å². The van der Waals surface area contributed by atoms with Crippen LogP contribution in [0.25, 0.3) is 0 Å². The topological polar surface area (TPSA) is 29.5 Å². The van der Waals surface area contributed by atoms with Crippen LogP contribution in [0.2, 0.25) is 0 Å². The third kappa shape index (κ3) is 2.39. The molecule has 102 valence electrons. The van der Waals surface area contributed by atoms with E-state index in [9.17, 15) is 4.79 Å². The predicted molar refractivity (Wildman–Crippen MR) is 79.0 cm³/mol. The molecule has 0 spiro atoms. The predicted octanol–water partition coefficient (Wildman–Crippen LogP) is 3.04. The van der Waals surface area contributed by atoms with E-state index in [1.54, 1.807) is 0 Å². The van der Waals surface area contributed by atoms with E-state index in [2.05, 4.69) is 13.0 Å². The molecule has 20 heavy (non-hydrogen) atoms. The van der Waals surface area contributed by atoms with Gasteiger partial charge in [0.2, 0.25) is 0 Å². The number of benzene rings is 2. The number of hydrogen-bond acceptors (Lipinski definition) is 2. The van der Waals surface area contributed by atoms with Gasteiger partial charge in [-0.3, -0.25) is 4.79 Å². The van der Waals surface area contributed by atoms with Crippen molar-refractivity contribution < 1.29 is 9.53 Å². The minimum absolute atomic E-state index is 0.00584. The zero-order chi connectivity index (χ0) is 13.9. The van der Waals surface area contributed by atoms with Crippen LogP contribution in [-0.2, 0) is 11.2 Å². The summed E-state index contributed by atoms with van der Waals surface area (Å²) in [6.07, 6.45) is 0.910. The second kappa shape index (κ2) is 5.37. The van der Waals surface area contributed by atoms with E-state index < -0.39 is 0 Å². The average molecular weight is 267 g/mol. The Balaban J connectivity index is 1.71. The summed E-state index contributed by atoms with van der Waals surface area (Å²) in [6, 6.07) is 17.7. The number of ether oxygens (including phenoxy) is 1. The highest BCUT2D eigenvalue weighted by Gasteiger charge is 2.30. The van der Waals surface area contributed by atoms with Crippen molar-refractivity contribution in [3.8, 4) is 5.75 Å². The van der Waals surface area contributed by atoms with Gasteiger partial charge in [0.25, 0.3) is 5.91 Å². The Hall–Kier alpha value is -2.29. The van der Waals surface area contributed by atoms with E-state index in [1.807, 2.05) is 53.4 Å². The van der Waals surface area contributed by atoms with Crippen LogP contribution in [0.4, 0.5) is 5.69 Å². The van der Waals surface area contributed by atoms with Gasteiger partial charge in [0, 0.05) is 11.7 Å². The van der Waals surface area contributed by atoms with Crippen molar-refractivity contribution in [2.45, 2.75) is 19.4 Å². The highest BCUT2D eigenvalue weighted by molar-refractivity contribution is 5.97. The Morgan fingerprint density at radius 1 is 1.15 bits per heavy atom. The first-order chi connectivity index (χ1) is 9.75. The normalized spacial score (nSPS) is 16.9. The molecule has 0 bridgehead atoms. The van der Waals surface area contributed by atoms with E-state index in [0.29, 0.717) is 0 Å². The molecule has 0 aliphatic carbocycles. The molecule has 0 fully saturated rings. The van der Waals surface area contributed by atoms with Crippen LogP contribution in [0, 0.1) is 0 Å². The van der Waals surface area contributed by atoms with Crippen molar-refractivity contribution in [1.82, 2.24) is 0 Å². The second-order valence-corrected chi connectivity index (χ2v) is 5.05. The second-order valence-electron chi connectivity index (χ2n) is 5.05. The fourth-order valence-corrected chi connectivity index (χ4v) is 2.68. The van der Waals surface area contributed by atoms with Crippen LogP contribution >= 0.6 is 0 Å². The molecule has 0 aromatic heterocycles. The smallest absolute Gasteiger partial charge is 0.265 e. The minimum atomic E-state index is 0.00584. The third-order valence-electron chi connectivity index (χ3n) is 3.58. The number of para-hydroxylation sites is 2. The molecule has 3 nitrogen and oxygen atoms in total. The minimum Gasteiger partial charge on any atom is -0.484 e. The summed E-state index contributed by atoms with van der Waals surface area (Å²) in [5.74, 6) is 0.729. The van der Waals surface area contributed by atoms with Gasteiger partial charge in [-0.15, -0.1) is 0 Å². The lowest BCUT2D eigenvalue weighted by Crippen LogP contribution is -2.39. The zero-order valence-electron chi connectivity index (χ0n) is 11.5. The van der Waals surface area contributed by atoms with Gasteiger partial charge in [-0.05, 0) is 37.1 Å². The lowest BCUT2D eigenvalue weighted by molar-refractivity contribution is -0.120. The number of anilines is 1. The van der Waals surface area contributed by atoms with Gasteiger partial charge in [0.05, 0.1) is 0 Å². The maximum absolute atomic E-state index is 12.4. The molecule has 1 heterocycles. The van der Waals surface area contributed by atoms with Crippen LogP contribution < -0.4 is 9.64 Å². The molecule has 1 atom stereocenters. The number of hydrogen-bond donors (Lipinski definition) is 0. The molecule has 0 radical (unpaired) electrons. The molecule has 1 aliphatic rings. The molecule has 1 amide bonds. The van der Waals surface area contributed by atoms with E-state index in [4.69, 9.17) is 4.74 Å². The molecule has 3 rings (SSSR count). The maximum atomic E-state index is 12.4. The molecule has 0 saturated heterocycles. The van der Waals surface area contributed by atoms with Crippen LogP contribution in [0.15, 0.2) is 54.6 Å². The number of nitrogens with zero attached hydrogens (tertiary/aromatic N) is 1. The highest BCUT2D eigenvalue weighted by atomic mass is 16.5. The van der Waals surface area contributed by atoms with Gasteiger partial charge < -0.3 is 9.64 Å². The number of amides is 1. The molecule has 1 unspecified atom stereocenters. The molecular formula is C17H17NO2. The van der Waals surface area contributed by atoms with E-state index in [-0.39, 0.29) is 18.6 Å². The van der Waals surface area contributed by atoms with Crippen LogP contribution in [0.5, 0.6) is 5.75 Å². The van der Waals surface area contributed by atoms with Gasteiger partial charge >= 0.3 is 0 Å². The van der Waals surface area contributed by atoms with Gasteiger partial charge in [-0.25, -0.2) is 0 Å². The van der Waals surface area contributed by atoms with Crippen LogP contribution in [0.1, 0.15) is 12.5 Å². The molecular weight excluding hydrogens is 250 g/mol. The molecule has 2 aromatic rings. The SMILES string of the molecule is CC1Cc2ccccc2N1C(=O)COc1ccccc1. The summed E-state index contributed by atoms with van der Waals surface area (Å²) in [5.41, 5.74) is 2.25. The average Bonchev–Trinajstić information content (AvgIpc) is 2.82. The summed E-state index contributed by atoms with van der Waals surface area (Å²) in [6.45, 7) is 2.14. The fourth-order valence-electron chi connectivity index (χ4n) is 2.68. The molecule has 2 aromatic carbocycles. The summed E-state index contributed by atoms with van der Waals surface area (Å²) in [5, 5.41) is 0. The Labute approximate surface area is 118 Å². The van der Waals surface area contributed by atoms with Crippen molar-refractivity contribution in [2.75, 3.05) is 11.5 Å². The molecule has 1 aliphatic heterocycles. The summed E-state index contributed by atoms with van der Waals surface area (Å²) in [7, 11) is 0. The number of fused-ring (bicyclic) bond motifs is 1. The van der Waals surface area contributed by atoms with E-state index in [1.165, 1.54) is 5.56 Å². The Bertz CT molecular complexity index is 609.